The normalized spacial score (nSPS) is 12.5. The molecule has 0 saturated heterocycles. The maximum atomic E-state index is 14.1. The molecule has 120 valence electrons. The van der Waals surface area contributed by atoms with E-state index in [1.165, 1.54) is 6.07 Å². The summed E-state index contributed by atoms with van der Waals surface area (Å²) in [6.07, 6.45) is 2.43. The molecule has 1 atom stereocenters. The number of rotatable bonds is 9. The van der Waals surface area contributed by atoms with Crippen molar-refractivity contribution in [2.24, 2.45) is 11.7 Å². The third kappa shape index (κ3) is 5.54. The van der Waals surface area contributed by atoms with Gasteiger partial charge in [-0.2, -0.15) is 0 Å². The van der Waals surface area contributed by atoms with Crippen LogP contribution in [0.4, 0.5) is 4.39 Å². The summed E-state index contributed by atoms with van der Waals surface area (Å²) in [5, 5.41) is 0. The fourth-order valence-electron chi connectivity index (χ4n) is 2.17. The van der Waals surface area contributed by atoms with Crippen molar-refractivity contribution in [2.75, 3.05) is 13.2 Å². The quantitative estimate of drug-likeness (QED) is 0.751. The molecule has 0 spiro atoms. The van der Waals surface area contributed by atoms with Crippen LogP contribution in [0.25, 0.3) is 0 Å². The third-order valence-electron chi connectivity index (χ3n) is 3.55. The van der Waals surface area contributed by atoms with Gasteiger partial charge in [-0.25, -0.2) is 4.39 Å². The second-order valence-corrected chi connectivity index (χ2v) is 5.56. The molecule has 0 aliphatic heterocycles. The molecule has 21 heavy (non-hydrogen) atoms. The molecule has 1 aromatic carbocycles. The fraction of sp³-hybridized carbons (Fsp3) is 0.647. The standard InChI is InChI=1S/C17H28FNO2/c1-5-20-16-10-13(8-7-9-15(19)12(3)4)14(18)11-17(16)21-6-2/h10-12,15H,5-9,19H2,1-4H3. The van der Waals surface area contributed by atoms with Gasteiger partial charge in [-0.15, -0.1) is 0 Å². The minimum absolute atomic E-state index is 0.169. The lowest BCUT2D eigenvalue weighted by molar-refractivity contribution is 0.285. The Kier molecular flexibility index (Phi) is 7.51. The van der Waals surface area contributed by atoms with Gasteiger partial charge in [-0.3, -0.25) is 0 Å². The van der Waals surface area contributed by atoms with Gasteiger partial charge in [0.15, 0.2) is 11.5 Å². The number of halogens is 1. The van der Waals surface area contributed by atoms with Crippen molar-refractivity contribution in [1.82, 2.24) is 0 Å². The molecule has 2 N–H and O–H groups in total. The first-order valence-electron chi connectivity index (χ1n) is 7.83. The molecular formula is C17H28FNO2. The zero-order valence-electron chi connectivity index (χ0n) is 13.6. The van der Waals surface area contributed by atoms with Crippen LogP contribution in [0.1, 0.15) is 46.1 Å². The Bertz CT molecular complexity index is 435. The Hall–Kier alpha value is -1.29. The average molecular weight is 297 g/mol. The van der Waals surface area contributed by atoms with Crippen LogP contribution < -0.4 is 15.2 Å². The average Bonchev–Trinajstić information content (AvgIpc) is 2.43. The van der Waals surface area contributed by atoms with Gasteiger partial charge in [-0.05, 0) is 50.7 Å². The minimum Gasteiger partial charge on any atom is -0.490 e. The first-order valence-corrected chi connectivity index (χ1v) is 7.83. The molecule has 1 unspecified atom stereocenters. The maximum absolute atomic E-state index is 14.1. The summed E-state index contributed by atoms with van der Waals surface area (Å²) in [5.41, 5.74) is 6.69. The fourth-order valence-corrected chi connectivity index (χ4v) is 2.17. The van der Waals surface area contributed by atoms with E-state index in [-0.39, 0.29) is 11.9 Å². The van der Waals surface area contributed by atoms with Crippen molar-refractivity contribution >= 4 is 0 Å². The van der Waals surface area contributed by atoms with Crippen LogP contribution in [0.15, 0.2) is 12.1 Å². The van der Waals surface area contributed by atoms with Crippen LogP contribution in [-0.2, 0) is 6.42 Å². The van der Waals surface area contributed by atoms with E-state index in [1.807, 2.05) is 13.8 Å². The van der Waals surface area contributed by atoms with E-state index < -0.39 is 0 Å². The van der Waals surface area contributed by atoms with Crippen LogP contribution in [0.5, 0.6) is 11.5 Å². The molecule has 0 amide bonds. The summed E-state index contributed by atoms with van der Waals surface area (Å²) in [6.45, 7) is 9.01. The van der Waals surface area contributed by atoms with Gasteiger partial charge in [0.05, 0.1) is 13.2 Å². The Labute approximate surface area is 127 Å². The van der Waals surface area contributed by atoms with E-state index in [0.717, 1.165) is 12.8 Å². The topological polar surface area (TPSA) is 44.5 Å². The molecule has 0 heterocycles. The monoisotopic (exact) mass is 297 g/mol. The van der Waals surface area contributed by atoms with Gasteiger partial charge in [0.25, 0.3) is 0 Å². The number of benzene rings is 1. The number of nitrogens with two attached hydrogens (primary N) is 1. The highest BCUT2D eigenvalue weighted by Gasteiger charge is 2.13. The molecule has 1 rings (SSSR count). The van der Waals surface area contributed by atoms with E-state index in [4.69, 9.17) is 15.2 Å². The van der Waals surface area contributed by atoms with Gasteiger partial charge >= 0.3 is 0 Å². The van der Waals surface area contributed by atoms with Crippen LogP contribution in [0, 0.1) is 11.7 Å². The lowest BCUT2D eigenvalue weighted by Crippen LogP contribution is -2.26. The lowest BCUT2D eigenvalue weighted by atomic mass is 9.97. The smallest absolute Gasteiger partial charge is 0.164 e. The number of hydrogen-bond acceptors (Lipinski definition) is 3. The second kappa shape index (κ2) is 8.88. The van der Waals surface area contributed by atoms with Crippen LogP contribution in [0.2, 0.25) is 0 Å². The van der Waals surface area contributed by atoms with Gasteiger partial charge in [0.1, 0.15) is 5.82 Å². The summed E-state index contributed by atoms with van der Waals surface area (Å²) in [7, 11) is 0. The summed E-state index contributed by atoms with van der Waals surface area (Å²) >= 11 is 0. The molecule has 0 bridgehead atoms. The van der Waals surface area contributed by atoms with Gasteiger partial charge in [0.2, 0.25) is 0 Å². The van der Waals surface area contributed by atoms with E-state index in [2.05, 4.69) is 13.8 Å². The molecule has 0 fully saturated rings. The zero-order chi connectivity index (χ0) is 15.8. The highest BCUT2D eigenvalue weighted by atomic mass is 19.1. The summed E-state index contributed by atoms with van der Waals surface area (Å²) in [4.78, 5) is 0. The van der Waals surface area contributed by atoms with E-state index in [1.54, 1.807) is 6.07 Å². The maximum Gasteiger partial charge on any atom is 0.164 e. The molecule has 1 aromatic rings. The zero-order valence-corrected chi connectivity index (χ0v) is 13.6. The van der Waals surface area contributed by atoms with E-state index >= 15 is 0 Å². The molecule has 0 radical (unpaired) electrons. The van der Waals surface area contributed by atoms with Crippen molar-refractivity contribution in [3.8, 4) is 11.5 Å². The predicted octanol–water partition coefficient (Wildman–Crippen LogP) is 3.93. The molecule has 0 saturated carbocycles. The van der Waals surface area contributed by atoms with Crippen LogP contribution in [0.3, 0.4) is 0 Å². The van der Waals surface area contributed by atoms with Crippen molar-refractivity contribution in [1.29, 1.82) is 0 Å². The van der Waals surface area contributed by atoms with Crippen molar-refractivity contribution in [2.45, 2.75) is 53.0 Å². The first kappa shape index (κ1) is 17.8. The second-order valence-electron chi connectivity index (χ2n) is 5.56. The highest BCUT2D eigenvalue weighted by molar-refractivity contribution is 5.44. The minimum atomic E-state index is -0.236. The molecule has 0 aromatic heterocycles. The Morgan fingerprint density at radius 3 is 2.19 bits per heavy atom. The number of hydrogen-bond donors (Lipinski definition) is 1. The Morgan fingerprint density at radius 1 is 1.10 bits per heavy atom. The van der Waals surface area contributed by atoms with E-state index in [9.17, 15) is 4.39 Å². The predicted molar refractivity (Wildman–Crippen MR) is 84.5 cm³/mol. The van der Waals surface area contributed by atoms with Crippen molar-refractivity contribution < 1.29 is 13.9 Å². The highest BCUT2D eigenvalue weighted by Crippen LogP contribution is 2.31. The third-order valence-corrected chi connectivity index (χ3v) is 3.55. The Morgan fingerprint density at radius 2 is 1.67 bits per heavy atom. The largest absolute Gasteiger partial charge is 0.490 e. The van der Waals surface area contributed by atoms with Crippen molar-refractivity contribution in [3.05, 3.63) is 23.5 Å². The molecule has 4 heteroatoms. The summed E-state index contributed by atoms with van der Waals surface area (Å²) in [6, 6.07) is 3.35. The van der Waals surface area contributed by atoms with E-state index in [0.29, 0.717) is 42.6 Å². The van der Waals surface area contributed by atoms with Crippen LogP contribution in [-0.4, -0.2) is 19.3 Å². The van der Waals surface area contributed by atoms with Crippen molar-refractivity contribution in [3.63, 3.8) is 0 Å². The summed E-state index contributed by atoms with van der Waals surface area (Å²) < 4.78 is 25.1. The number of ether oxygens (including phenoxy) is 2. The lowest BCUT2D eigenvalue weighted by Gasteiger charge is -2.16. The molecule has 0 aliphatic carbocycles. The molecular weight excluding hydrogens is 269 g/mol. The molecule has 3 nitrogen and oxygen atoms in total. The van der Waals surface area contributed by atoms with Gasteiger partial charge in [-0.1, -0.05) is 13.8 Å². The van der Waals surface area contributed by atoms with Gasteiger partial charge in [0, 0.05) is 12.1 Å². The summed E-state index contributed by atoms with van der Waals surface area (Å²) in [5.74, 6) is 1.30. The Balaban J connectivity index is 2.75. The SMILES string of the molecule is CCOc1cc(F)c(CCCC(N)C(C)C)cc1OCC. The van der Waals surface area contributed by atoms with Crippen LogP contribution >= 0.6 is 0 Å². The first-order chi connectivity index (χ1) is 9.99. The molecule has 0 aliphatic rings. The van der Waals surface area contributed by atoms with Gasteiger partial charge < -0.3 is 15.2 Å². The number of aryl methyl sites for hydroxylation is 1.